The molecule has 2 bridgehead atoms. The van der Waals surface area contributed by atoms with Crippen molar-refractivity contribution in [3.63, 3.8) is 0 Å². The van der Waals surface area contributed by atoms with Crippen molar-refractivity contribution in [1.29, 1.82) is 0 Å². The Morgan fingerprint density at radius 3 is 2.16 bits per heavy atom. The van der Waals surface area contributed by atoms with E-state index in [9.17, 15) is 19.8 Å². The largest absolute Gasteiger partial charge is 0.393 e. The van der Waals surface area contributed by atoms with Crippen LogP contribution >= 0.6 is 0 Å². The van der Waals surface area contributed by atoms with Crippen LogP contribution in [0.3, 0.4) is 0 Å². The molecule has 4 atom stereocenters. The van der Waals surface area contributed by atoms with E-state index in [4.69, 9.17) is 0 Å². The molecule has 55 heavy (non-hydrogen) atoms. The summed E-state index contributed by atoms with van der Waals surface area (Å²) < 4.78 is 0. The van der Waals surface area contributed by atoms with Crippen molar-refractivity contribution in [2.75, 3.05) is 11.9 Å². The minimum absolute atomic E-state index is 0.0699. The van der Waals surface area contributed by atoms with Crippen molar-refractivity contribution in [3.8, 4) is 11.1 Å². The number of para-hydroxylation sites is 1. The number of hydrogen-bond acceptors (Lipinski definition) is 4. The molecule has 3 aliphatic rings. The smallest absolute Gasteiger partial charge is 0.322 e. The number of benzene rings is 5. The second kappa shape index (κ2) is 16.6. The number of amides is 2. The maximum absolute atomic E-state index is 14.7. The summed E-state index contributed by atoms with van der Waals surface area (Å²) in [5.41, 5.74) is 6.10. The van der Waals surface area contributed by atoms with Gasteiger partial charge in [-0.15, -0.1) is 0 Å². The maximum Gasteiger partial charge on any atom is 0.322 e. The van der Waals surface area contributed by atoms with Gasteiger partial charge >= 0.3 is 6.03 Å². The Kier molecular flexibility index (Phi) is 11.5. The minimum atomic E-state index is -1.26. The van der Waals surface area contributed by atoms with Crippen LogP contribution in [0.1, 0.15) is 90.9 Å². The van der Waals surface area contributed by atoms with E-state index < -0.39 is 17.1 Å². The Morgan fingerprint density at radius 2 is 1.45 bits per heavy atom. The van der Waals surface area contributed by atoms with E-state index in [1.54, 1.807) is 4.90 Å². The van der Waals surface area contributed by atoms with Crippen LogP contribution in [0.15, 0.2) is 145 Å². The number of aliphatic hydroxyl groups excluding tert-OH is 1. The zero-order valence-electron chi connectivity index (χ0n) is 32.0. The first kappa shape index (κ1) is 38.0. The molecule has 2 amide bonds. The van der Waals surface area contributed by atoms with Crippen LogP contribution in [-0.2, 0) is 13.0 Å². The van der Waals surface area contributed by atoms with Gasteiger partial charge in [0.25, 0.3) is 0 Å². The number of ketones is 1. The zero-order valence-corrected chi connectivity index (χ0v) is 32.0. The second-order valence-corrected chi connectivity index (χ2v) is 15.9. The van der Waals surface area contributed by atoms with Crippen molar-refractivity contribution in [1.82, 2.24) is 4.90 Å². The molecular weight excluding hydrogens is 681 g/mol. The average Bonchev–Trinajstić information content (AvgIpc) is 3.46. The van der Waals surface area contributed by atoms with Crippen molar-refractivity contribution in [2.24, 2.45) is 5.41 Å². The van der Waals surface area contributed by atoms with E-state index in [2.05, 4.69) is 49.5 Å². The van der Waals surface area contributed by atoms with Crippen molar-refractivity contribution in [3.05, 3.63) is 173 Å². The van der Waals surface area contributed by atoms with Crippen LogP contribution in [0.2, 0.25) is 0 Å². The molecular formula is C49H52N2O4. The van der Waals surface area contributed by atoms with E-state index in [1.807, 2.05) is 109 Å². The lowest BCUT2D eigenvalue weighted by atomic mass is 9.64. The van der Waals surface area contributed by atoms with Crippen LogP contribution in [-0.4, -0.2) is 45.2 Å². The molecule has 1 fully saturated rings. The van der Waals surface area contributed by atoms with Gasteiger partial charge in [-0.1, -0.05) is 134 Å². The lowest BCUT2D eigenvalue weighted by molar-refractivity contribution is -0.0773. The van der Waals surface area contributed by atoms with Crippen LogP contribution < -0.4 is 5.32 Å². The van der Waals surface area contributed by atoms with E-state index in [-0.39, 0.29) is 24.3 Å². The van der Waals surface area contributed by atoms with Gasteiger partial charge in [-0.2, -0.15) is 0 Å². The lowest BCUT2D eigenvalue weighted by Gasteiger charge is -2.46. The number of nitrogens with zero attached hydrogens (tertiary/aromatic N) is 1. The Bertz CT molecular complexity index is 2120. The Hall–Kier alpha value is -5.30. The average molecular weight is 733 g/mol. The fourth-order valence-corrected chi connectivity index (χ4v) is 8.84. The van der Waals surface area contributed by atoms with Crippen molar-refractivity contribution >= 4 is 17.5 Å². The first-order chi connectivity index (χ1) is 26.6. The third-order valence-electron chi connectivity index (χ3n) is 12.2. The third kappa shape index (κ3) is 8.51. The molecule has 282 valence electrons. The van der Waals surface area contributed by atoms with E-state index in [1.165, 1.54) is 5.57 Å². The van der Waals surface area contributed by atoms with Crippen LogP contribution in [0.25, 0.3) is 11.1 Å². The number of nitrogens with one attached hydrogen (secondary N) is 1. The predicted octanol–water partition coefficient (Wildman–Crippen LogP) is 10.4. The van der Waals surface area contributed by atoms with Crippen molar-refractivity contribution in [2.45, 2.75) is 83.0 Å². The van der Waals surface area contributed by atoms with Gasteiger partial charge in [-0.25, -0.2) is 4.79 Å². The molecule has 0 saturated heterocycles. The van der Waals surface area contributed by atoms with Crippen LogP contribution in [0.5, 0.6) is 0 Å². The summed E-state index contributed by atoms with van der Waals surface area (Å²) in [7, 11) is 0. The van der Waals surface area contributed by atoms with Gasteiger partial charge in [0.15, 0.2) is 5.78 Å². The number of carbonyl (C=O) groups excluding carboxylic acids is 2. The van der Waals surface area contributed by atoms with E-state index >= 15 is 0 Å². The maximum atomic E-state index is 14.7. The number of allylic oxidation sites excluding steroid dienone is 2. The van der Waals surface area contributed by atoms with Gasteiger partial charge in [-0.3, -0.25) is 4.79 Å². The quantitative estimate of drug-likeness (QED) is 0.109. The summed E-state index contributed by atoms with van der Waals surface area (Å²) in [6.45, 7) is 4.74. The molecule has 3 N–H and O–H groups in total. The fraction of sp³-hybridized carbons (Fsp3) is 0.306. The second-order valence-electron chi connectivity index (χ2n) is 15.9. The summed E-state index contributed by atoms with van der Waals surface area (Å²) >= 11 is 0. The number of anilines is 1. The minimum Gasteiger partial charge on any atom is -0.393 e. The first-order valence-electron chi connectivity index (χ1n) is 19.7. The van der Waals surface area contributed by atoms with Crippen molar-refractivity contribution < 1.29 is 19.8 Å². The van der Waals surface area contributed by atoms with E-state index in [0.717, 1.165) is 40.7 Å². The summed E-state index contributed by atoms with van der Waals surface area (Å²) in [5, 5.41) is 27.2. The Balaban J connectivity index is 1.27. The van der Waals surface area contributed by atoms with Gasteiger partial charge in [-0.05, 0) is 104 Å². The summed E-state index contributed by atoms with van der Waals surface area (Å²) in [6.07, 6.45) is 6.10. The number of aliphatic hydroxyl groups is 2. The molecule has 4 unspecified atom stereocenters. The molecule has 1 saturated carbocycles. The highest BCUT2D eigenvalue weighted by Gasteiger charge is 2.57. The molecule has 0 aromatic heterocycles. The molecule has 6 nitrogen and oxygen atoms in total. The molecule has 3 aliphatic carbocycles. The Labute approximate surface area is 325 Å². The molecule has 5 aromatic carbocycles. The first-order valence-corrected chi connectivity index (χ1v) is 19.7. The van der Waals surface area contributed by atoms with E-state index in [0.29, 0.717) is 55.5 Å². The van der Waals surface area contributed by atoms with Gasteiger partial charge in [0, 0.05) is 28.8 Å². The third-order valence-corrected chi connectivity index (χ3v) is 12.2. The predicted molar refractivity (Wildman–Crippen MR) is 221 cm³/mol. The van der Waals surface area contributed by atoms with Gasteiger partial charge in [0.05, 0.1) is 18.2 Å². The molecule has 0 aliphatic heterocycles. The monoisotopic (exact) mass is 732 g/mol. The molecule has 5 aromatic rings. The summed E-state index contributed by atoms with van der Waals surface area (Å²) in [4.78, 5) is 30.5. The molecule has 0 radical (unpaired) electrons. The lowest BCUT2D eigenvalue weighted by Crippen LogP contribution is -2.54. The molecule has 0 heterocycles. The number of urea groups is 1. The highest BCUT2D eigenvalue weighted by atomic mass is 16.3. The van der Waals surface area contributed by atoms with Gasteiger partial charge in [0.1, 0.15) is 0 Å². The molecule has 0 spiro atoms. The fourth-order valence-electron chi connectivity index (χ4n) is 8.84. The molecule has 6 heteroatoms. The molecule has 8 rings (SSSR count). The normalized spacial score (nSPS) is 22.6. The highest BCUT2D eigenvalue weighted by Crippen LogP contribution is 2.59. The van der Waals surface area contributed by atoms with Crippen LogP contribution in [0.4, 0.5) is 10.5 Å². The number of hydrogen-bond donors (Lipinski definition) is 3. The zero-order chi connectivity index (χ0) is 38.4. The van der Waals surface area contributed by atoms with Crippen LogP contribution in [0, 0.1) is 5.41 Å². The Morgan fingerprint density at radius 1 is 0.800 bits per heavy atom. The number of rotatable bonds is 8. The highest BCUT2D eigenvalue weighted by molar-refractivity contribution is 6.10. The SMILES string of the molecule is CC1=CCCC2(C)C(CCC2(O)CN(Cc2ccccc2)C(=O)Nc2ccccc2)c2ccc(cc2C(=O)c2ccc(-c3ccccc3)cc2)CC(O)CC1. The number of carbonyl (C=O) groups is 2. The topological polar surface area (TPSA) is 89.9 Å². The number of fused-ring (bicyclic) bond motifs is 8. The standard InChI is InChI=1S/C49H52N2O4/c1-35-13-12-29-48(2)45(28-30-49(48,55)34-51(33-36-14-6-3-7-15-36)47(54)50-41-18-10-5-11-19-41)43-27-21-37(31-42(52)26-20-35)32-44(43)46(53)40-24-22-39(23-25-40)38-16-8-4-9-17-38/h3-11,13-19,21-25,27,32,42,45,52,55H,12,20,26,28-31,33-34H2,1-2H3,(H,50,54). The van der Waals surface area contributed by atoms with Gasteiger partial charge < -0.3 is 20.4 Å². The summed E-state index contributed by atoms with van der Waals surface area (Å²) in [6, 6.07) is 43.1. The summed E-state index contributed by atoms with van der Waals surface area (Å²) in [5.74, 6) is -0.231. The van der Waals surface area contributed by atoms with Gasteiger partial charge in [0.2, 0.25) is 0 Å².